The van der Waals surface area contributed by atoms with Crippen LogP contribution in [0.1, 0.15) is 55.4 Å². The molecule has 2 atom stereocenters. The molecule has 3 aromatic rings. The molecule has 0 saturated heterocycles. The average molecular weight is 595 g/mol. The molecular weight excluding hydrogens is 567 g/mol. The van der Waals surface area contributed by atoms with Gasteiger partial charge in [0.2, 0.25) is 0 Å². The Bertz CT molecular complexity index is 1510. The van der Waals surface area contributed by atoms with Gasteiger partial charge in [0.05, 0.1) is 28.2 Å². The van der Waals surface area contributed by atoms with Crippen LogP contribution in [0.3, 0.4) is 0 Å². The average Bonchev–Trinajstić information content (AvgIpc) is 3.36. The lowest BCUT2D eigenvalue weighted by Crippen LogP contribution is -2.50. The first-order valence-electron chi connectivity index (χ1n) is 13.2. The SMILES string of the molecule is O=C(NCC(NC(=O)c1c(Cl)cc2c(c1Cl)CCN(Cc1ccccc1)C2=O)C(=O)O)NC1CCc2ccccc21. The molecule has 0 radical (unpaired) electrons. The van der Waals surface area contributed by atoms with Crippen molar-refractivity contribution in [1.29, 1.82) is 0 Å². The summed E-state index contributed by atoms with van der Waals surface area (Å²) in [4.78, 5) is 52.5. The third-order valence-electron chi connectivity index (χ3n) is 7.42. The molecule has 1 aliphatic carbocycles. The van der Waals surface area contributed by atoms with E-state index in [0.717, 1.165) is 29.5 Å². The normalized spacial score (nSPS) is 16.4. The highest BCUT2D eigenvalue weighted by molar-refractivity contribution is 6.41. The summed E-state index contributed by atoms with van der Waals surface area (Å²) in [5, 5.41) is 17.4. The van der Waals surface area contributed by atoms with E-state index in [-0.39, 0.29) is 34.1 Å². The second kappa shape index (κ2) is 12.2. The van der Waals surface area contributed by atoms with Crippen LogP contribution >= 0.6 is 23.2 Å². The Morgan fingerprint density at radius 1 is 1.02 bits per heavy atom. The van der Waals surface area contributed by atoms with E-state index in [1.165, 1.54) is 6.07 Å². The molecule has 3 aromatic carbocycles. The predicted molar refractivity (Wildman–Crippen MR) is 154 cm³/mol. The number of urea groups is 1. The predicted octanol–water partition coefficient (Wildman–Crippen LogP) is 4.36. The molecule has 9 nitrogen and oxygen atoms in total. The van der Waals surface area contributed by atoms with Gasteiger partial charge in [-0.05, 0) is 47.6 Å². The van der Waals surface area contributed by atoms with E-state index in [2.05, 4.69) is 16.0 Å². The Labute approximate surface area is 246 Å². The van der Waals surface area contributed by atoms with Crippen LogP contribution < -0.4 is 16.0 Å². The lowest BCUT2D eigenvalue weighted by atomic mass is 9.95. The summed E-state index contributed by atoms with van der Waals surface area (Å²) in [6.45, 7) is 0.449. The van der Waals surface area contributed by atoms with Crippen molar-refractivity contribution in [3.05, 3.63) is 104 Å². The maximum atomic E-state index is 13.2. The number of carboxylic acid groups (broad SMARTS) is 1. The molecule has 0 saturated carbocycles. The van der Waals surface area contributed by atoms with Crippen molar-refractivity contribution in [2.45, 2.75) is 37.9 Å². The van der Waals surface area contributed by atoms with Crippen LogP contribution in [-0.2, 0) is 24.2 Å². The van der Waals surface area contributed by atoms with Crippen molar-refractivity contribution in [2.24, 2.45) is 0 Å². The number of nitrogens with zero attached hydrogens (tertiary/aromatic N) is 1. The summed E-state index contributed by atoms with van der Waals surface area (Å²) in [5.41, 5.74) is 3.85. The lowest BCUT2D eigenvalue weighted by Gasteiger charge is -2.30. The van der Waals surface area contributed by atoms with E-state index in [9.17, 15) is 24.3 Å². The third-order valence-corrected chi connectivity index (χ3v) is 8.14. The van der Waals surface area contributed by atoms with Crippen LogP contribution in [0.2, 0.25) is 10.0 Å². The first-order valence-corrected chi connectivity index (χ1v) is 14.0. The largest absolute Gasteiger partial charge is 0.480 e. The van der Waals surface area contributed by atoms with E-state index in [4.69, 9.17) is 23.2 Å². The Morgan fingerprint density at radius 3 is 2.51 bits per heavy atom. The van der Waals surface area contributed by atoms with Gasteiger partial charge in [0.15, 0.2) is 0 Å². The maximum absolute atomic E-state index is 13.2. The number of fused-ring (bicyclic) bond motifs is 2. The van der Waals surface area contributed by atoms with Gasteiger partial charge in [0, 0.05) is 18.7 Å². The number of aryl methyl sites for hydroxylation is 1. The van der Waals surface area contributed by atoms with E-state index in [1.807, 2.05) is 54.6 Å². The van der Waals surface area contributed by atoms with Crippen LogP contribution in [-0.4, -0.2) is 53.0 Å². The van der Waals surface area contributed by atoms with E-state index < -0.39 is 23.9 Å². The number of benzene rings is 3. The Hall–Kier alpha value is -4.08. The van der Waals surface area contributed by atoms with Gasteiger partial charge in [-0.3, -0.25) is 9.59 Å². The standard InChI is InChI=1S/C30H28Cl2N4O5/c31-22-14-21-20(12-13-36(28(21)38)16-17-6-2-1-3-7-17)26(32)25(22)27(37)34-24(29(39)40)15-33-30(41)35-23-11-10-18-8-4-5-9-19(18)23/h1-9,14,23-24H,10-13,15-16H2,(H,34,37)(H,39,40)(H2,33,35,41). The molecule has 2 aliphatic rings. The van der Waals surface area contributed by atoms with E-state index in [0.29, 0.717) is 30.6 Å². The molecule has 5 rings (SSSR count). The molecule has 1 aliphatic heterocycles. The molecule has 4 amide bonds. The molecule has 0 aromatic heterocycles. The second-order valence-electron chi connectivity index (χ2n) is 10.0. The minimum absolute atomic E-state index is 0.00690. The van der Waals surface area contributed by atoms with Crippen molar-refractivity contribution >= 4 is 47.0 Å². The molecular formula is C30H28Cl2N4O5. The number of carbonyl (C=O) groups is 4. The minimum Gasteiger partial charge on any atom is -0.480 e. The number of halogens is 2. The van der Waals surface area contributed by atoms with Crippen molar-refractivity contribution in [1.82, 2.24) is 20.9 Å². The fraction of sp³-hybridized carbons (Fsp3) is 0.267. The molecule has 0 bridgehead atoms. The monoisotopic (exact) mass is 594 g/mol. The highest BCUT2D eigenvalue weighted by Crippen LogP contribution is 2.35. The fourth-order valence-electron chi connectivity index (χ4n) is 5.32. The van der Waals surface area contributed by atoms with Crippen LogP contribution in [0.15, 0.2) is 60.7 Å². The molecule has 2 unspecified atom stereocenters. The highest BCUT2D eigenvalue weighted by Gasteiger charge is 2.32. The van der Waals surface area contributed by atoms with Gasteiger partial charge >= 0.3 is 12.0 Å². The quantitative estimate of drug-likeness (QED) is 0.308. The van der Waals surface area contributed by atoms with Gasteiger partial charge < -0.3 is 26.0 Å². The minimum atomic E-state index is -1.45. The molecule has 0 fully saturated rings. The first-order chi connectivity index (χ1) is 19.7. The van der Waals surface area contributed by atoms with Crippen LogP contribution in [0.25, 0.3) is 0 Å². The molecule has 0 spiro atoms. The van der Waals surface area contributed by atoms with Crippen molar-refractivity contribution in [3.8, 4) is 0 Å². The lowest BCUT2D eigenvalue weighted by molar-refractivity contribution is -0.139. The van der Waals surface area contributed by atoms with Crippen molar-refractivity contribution in [2.75, 3.05) is 13.1 Å². The number of carboxylic acids is 1. The zero-order valence-corrected chi connectivity index (χ0v) is 23.5. The van der Waals surface area contributed by atoms with E-state index >= 15 is 0 Å². The Balaban J connectivity index is 1.24. The maximum Gasteiger partial charge on any atom is 0.328 e. The molecule has 212 valence electrons. The topological polar surface area (TPSA) is 128 Å². The summed E-state index contributed by atoms with van der Waals surface area (Å²) in [5.74, 6) is -2.42. The summed E-state index contributed by atoms with van der Waals surface area (Å²) >= 11 is 13.0. The highest BCUT2D eigenvalue weighted by atomic mass is 35.5. The Kier molecular flexibility index (Phi) is 8.46. The molecule has 11 heteroatoms. The van der Waals surface area contributed by atoms with Gasteiger partial charge in [0.1, 0.15) is 6.04 Å². The first kappa shape index (κ1) is 28.4. The van der Waals surface area contributed by atoms with Crippen molar-refractivity contribution in [3.63, 3.8) is 0 Å². The van der Waals surface area contributed by atoms with E-state index in [1.54, 1.807) is 4.90 Å². The second-order valence-corrected chi connectivity index (χ2v) is 10.8. The van der Waals surface area contributed by atoms with Gasteiger partial charge in [-0.25, -0.2) is 9.59 Å². The van der Waals surface area contributed by atoms with Crippen molar-refractivity contribution < 1.29 is 24.3 Å². The van der Waals surface area contributed by atoms with Gasteiger partial charge in [-0.1, -0.05) is 77.8 Å². The number of hydrogen-bond donors (Lipinski definition) is 4. The third kappa shape index (κ3) is 6.16. The molecule has 4 N–H and O–H groups in total. The molecule has 41 heavy (non-hydrogen) atoms. The summed E-state index contributed by atoms with van der Waals surface area (Å²) in [6.07, 6.45) is 1.99. The molecule has 1 heterocycles. The fourth-order valence-corrected chi connectivity index (χ4v) is 6.04. The number of aliphatic carboxylic acids is 1. The van der Waals surface area contributed by atoms with Crippen LogP contribution in [0.4, 0.5) is 4.79 Å². The smallest absolute Gasteiger partial charge is 0.328 e. The van der Waals surface area contributed by atoms with Crippen LogP contribution in [0.5, 0.6) is 0 Å². The zero-order valence-electron chi connectivity index (χ0n) is 22.0. The summed E-state index contributed by atoms with van der Waals surface area (Å²) in [7, 11) is 0. The zero-order chi connectivity index (χ0) is 29.1. The number of rotatable bonds is 8. The number of amides is 4. The number of hydrogen-bond acceptors (Lipinski definition) is 4. The van der Waals surface area contributed by atoms with Gasteiger partial charge in [-0.15, -0.1) is 0 Å². The van der Waals surface area contributed by atoms with Crippen LogP contribution in [0, 0.1) is 0 Å². The van der Waals surface area contributed by atoms with Gasteiger partial charge in [-0.2, -0.15) is 0 Å². The Morgan fingerprint density at radius 2 is 1.76 bits per heavy atom. The number of carbonyl (C=O) groups excluding carboxylic acids is 3. The number of nitrogens with one attached hydrogen (secondary N) is 3. The summed E-state index contributed by atoms with van der Waals surface area (Å²) < 4.78 is 0. The summed E-state index contributed by atoms with van der Waals surface area (Å²) in [6, 6.07) is 16.6. The van der Waals surface area contributed by atoms with Gasteiger partial charge in [0.25, 0.3) is 11.8 Å².